The highest BCUT2D eigenvalue weighted by Gasteiger charge is 2.41. The van der Waals surface area contributed by atoms with Gasteiger partial charge in [-0.05, 0) is 25.7 Å². The average Bonchev–Trinajstić information content (AvgIpc) is 2.92. The van der Waals surface area contributed by atoms with E-state index in [2.05, 4.69) is 4.72 Å². The molecule has 0 amide bonds. The summed E-state index contributed by atoms with van der Waals surface area (Å²) in [5.74, 6) is -0.958. The molecular formula is C11H20N2O5S. The Morgan fingerprint density at radius 2 is 1.84 bits per heavy atom. The van der Waals surface area contributed by atoms with Gasteiger partial charge in [-0.1, -0.05) is 0 Å². The van der Waals surface area contributed by atoms with E-state index in [9.17, 15) is 18.3 Å². The van der Waals surface area contributed by atoms with Gasteiger partial charge < -0.3 is 9.84 Å². The number of rotatable bonds is 5. The van der Waals surface area contributed by atoms with E-state index in [1.54, 1.807) is 0 Å². The first-order chi connectivity index (χ1) is 8.96. The minimum absolute atomic E-state index is 0.0650. The van der Waals surface area contributed by atoms with E-state index in [0.717, 1.165) is 12.8 Å². The molecule has 0 saturated carbocycles. The van der Waals surface area contributed by atoms with Gasteiger partial charge in [-0.3, -0.25) is 4.79 Å². The minimum atomic E-state index is -3.55. The van der Waals surface area contributed by atoms with Gasteiger partial charge in [0.1, 0.15) is 0 Å². The Balaban J connectivity index is 2.00. The number of ether oxygens (including phenoxy) is 1. The Kier molecular flexibility index (Phi) is 4.44. The molecule has 8 heteroatoms. The van der Waals surface area contributed by atoms with Gasteiger partial charge in [0, 0.05) is 32.8 Å². The number of nitrogens with zero attached hydrogens (tertiary/aromatic N) is 1. The molecule has 2 heterocycles. The van der Waals surface area contributed by atoms with Crippen LogP contribution in [0.15, 0.2) is 0 Å². The van der Waals surface area contributed by atoms with Crippen molar-refractivity contribution in [3.8, 4) is 0 Å². The molecule has 2 aliphatic rings. The maximum atomic E-state index is 12.0. The predicted molar refractivity (Wildman–Crippen MR) is 67.9 cm³/mol. The largest absolute Gasteiger partial charge is 0.481 e. The van der Waals surface area contributed by atoms with Crippen LogP contribution < -0.4 is 4.72 Å². The fourth-order valence-corrected chi connectivity index (χ4v) is 3.86. The monoisotopic (exact) mass is 292 g/mol. The Morgan fingerprint density at radius 3 is 2.37 bits per heavy atom. The van der Waals surface area contributed by atoms with Gasteiger partial charge in [0.05, 0.1) is 5.41 Å². The Morgan fingerprint density at radius 1 is 1.26 bits per heavy atom. The quantitative estimate of drug-likeness (QED) is 0.731. The molecule has 0 atom stereocenters. The number of hydrogen-bond acceptors (Lipinski definition) is 4. The third kappa shape index (κ3) is 3.25. The van der Waals surface area contributed by atoms with Crippen LogP contribution >= 0.6 is 0 Å². The van der Waals surface area contributed by atoms with E-state index < -0.39 is 21.6 Å². The van der Waals surface area contributed by atoms with Crippen LogP contribution in [0.1, 0.15) is 25.7 Å². The second kappa shape index (κ2) is 5.74. The lowest BCUT2D eigenvalue weighted by Crippen LogP contribution is -2.49. The van der Waals surface area contributed by atoms with Crippen LogP contribution in [-0.2, 0) is 19.7 Å². The van der Waals surface area contributed by atoms with Crippen molar-refractivity contribution in [2.45, 2.75) is 25.7 Å². The minimum Gasteiger partial charge on any atom is -0.481 e. The van der Waals surface area contributed by atoms with Gasteiger partial charge in [-0.2, -0.15) is 12.7 Å². The third-order valence-electron chi connectivity index (χ3n) is 3.90. The second-order valence-electron chi connectivity index (χ2n) is 5.13. The topological polar surface area (TPSA) is 95.9 Å². The van der Waals surface area contributed by atoms with Gasteiger partial charge in [0.15, 0.2) is 0 Å². The highest BCUT2D eigenvalue weighted by molar-refractivity contribution is 7.87. The fourth-order valence-electron chi connectivity index (χ4n) is 2.48. The summed E-state index contributed by atoms with van der Waals surface area (Å²) in [6.07, 6.45) is 2.40. The van der Waals surface area contributed by atoms with Crippen molar-refractivity contribution >= 4 is 16.2 Å². The van der Waals surface area contributed by atoms with Crippen molar-refractivity contribution in [3.63, 3.8) is 0 Å². The molecule has 0 radical (unpaired) electrons. The Bertz CT molecular complexity index is 424. The molecule has 0 aromatic carbocycles. The lowest BCUT2D eigenvalue weighted by molar-refractivity contribution is -0.154. The SMILES string of the molecule is O=C(O)C1(CNS(=O)(=O)N2CCCC2)CCOCC1. The van der Waals surface area contributed by atoms with Gasteiger partial charge in [0.2, 0.25) is 0 Å². The summed E-state index contributed by atoms with van der Waals surface area (Å²) in [5.41, 5.74) is -1.04. The Hall–Kier alpha value is -0.700. The lowest BCUT2D eigenvalue weighted by atomic mass is 9.80. The number of aliphatic carboxylic acids is 1. The van der Waals surface area contributed by atoms with E-state index in [1.807, 2.05) is 0 Å². The van der Waals surface area contributed by atoms with Crippen molar-refractivity contribution in [3.05, 3.63) is 0 Å². The standard InChI is InChI=1S/C11H20N2O5S/c14-10(15)11(3-7-18-8-4-11)9-12-19(16,17)13-5-1-2-6-13/h12H,1-9H2,(H,14,15). The molecule has 2 fully saturated rings. The third-order valence-corrected chi connectivity index (χ3v) is 5.46. The molecule has 0 spiro atoms. The van der Waals surface area contributed by atoms with Crippen molar-refractivity contribution in [1.29, 1.82) is 0 Å². The molecule has 7 nitrogen and oxygen atoms in total. The zero-order valence-corrected chi connectivity index (χ0v) is 11.6. The zero-order valence-electron chi connectivity index (χ0n) is 10.8. The van der Waals surface area contributed by atoms with Gasteiger partial charge in [-0.15, -0.1) is 0 Å². The van der Waals surface area contributed by atoms with Crippen LogP contribution in [0.4, 0.5) is 0 Å². The first kappa shape index (κ1) is 14.7. The molecule has 110 valence electrons. The summed E-state index contributed by atoms with van der Waals surface area (Å²) >= 11 is 0. The first-order valence-corrected chi connectivity index (χ1v) is 7.96. The molecule has 0 unspecified atom stereocenters. The molecule has 0 aromatic heterocycles. The summed E-state index contributed by atoms with van der Waals surface area (Å²) in [4.78, 5) is 11.4. The molecular weight excluding hydrogens is 272 g/mol. The van der Waals surface area contributed by atoms with E-state index in [4.69, 9.17) is 4.74 Å². The second-order valence-corrected chi connectivity index (χ2v) is 6.89. The van der Waals surface area contributed by atoms with E-state index in [0.29, 0.717) is 39.1 Å². The highest BCUT2D eigenvalue weighted by Crippen LogP contribution is 2.30. The summed E-state index contributed by atoms with van der Waals surface area (Å²) in [5, 5.41) is 9.35. The number of carboxylic acids is 1. The summed E-state index contributed by atoms with van der Waals surface area (Å²) in [6, 6.07) is 0. The molecule has 0 bridgehead atoms. The number of carboxylic acid groups (broad SMARTS) is 1. The first-order valence-electron chi connectivity index (χ1n) is 6.52. The molecule has 2 saturated heterocycles. The zero-order chi connectivity index (χ0) is 13.9. The predicted octanol–water partition coefficient (Wildman–Crippen LogP) is -0.202. The van der Waals surface area contributed by atoms with Crippen molar-refractivity contribution < 1.29 is 23.1 Å². The van der Waals surface area contributed by atoms with Crippen LogP contribution in [0.2, 0.25) is 0 Å². The molecule has 0 aromatic rings. The molecule has 2 rings (SSSR count). The van der Waals surface area contributed by atoms with Gasteiger partial charge in [0.25, 0.3) is 10.2 Å². The van der Waals surface area contributed by atoms with Crippen LogP contribution in [0.25, 0.3) is 0 Å². The maximum absolute atomic E-state index is 12.0. The maximum Gasteiger partial charge on any atom is 0.311 e. The summed E-state index contributed by atoms with van der Waals surface area (Å²) in [6.45, 7) is 1.68. The summed E-state index contributed by atoms with van der Waals surface area (Å²) in [7, 11) is -3.55. The smallest absolute Gasteiger partial charge is 0.311 e. The van der Waals surface area contributed by atoms with Crippen LogP contribution in [0, 0.1) is 5.41 Å². The van der Waals surface area contributed by atoms with Crippen molar-refractivity contribution in [1.82, 2.24) is 9.03 Å². The van der Waals surface area contributed by atoms with Crippen molar-refractivity contribution in [2.75, 3.05) is 32.8 Å². The van der Waals surface area contributed by atoms with Crippen LogP contribution in [0.5, 0.6) is 0 Å². The molecule has 0 aliphatic carbocycles. The Labute approximate surface area is 113 Å². The van der Waals surface area contributed by atoms with E-state index in [1.165, 1.54) is 4.31 Å². The number of hydrogen-bond donors (Lipinski definition) is 2. The van der Waals surface area contributed by atoms with Crippen LogP contribution in [0.3, 0.4) is 0 Å². The summed E-state index contributed by atoms with van der Waals surface area (Å²) < 4.78 is 33.0. The number of carbonyl (C=O) groups is 1. The number of nitrogens with one attached hydrogen (secondary N) is 1. The van der Waals surface area contributed by atoms with Crippen molar-refractivity contribution in [2.24, 2.45) is 5.41 Å². The molecule has 19 heavy (non-hydrogen) atoms. The molecule has 2 aliphatic heterocycles. The lowest BCUT2D eigenvalue weighted by Gasteiger charge is -2.33. The average molecular weight is 292 g/mol. The van der Waals surface area contributed by atoms with Gasteiger partial charge in [-0.25, -0.2) is 4.72 Å². The fraction of sp³-hybridized carbons (Fsp3) is 0.909. The normalized spacial score (nSPS) is 24.4. The van der Waals surface area contributed by atoms with E-state index >= 15 is 0 Å². The highest BCUT2D eigenvalue weighted by atomic mass is 32.2. The van der Waals surface area contributed by atoms with Gasteiger partial charge >= 0.3 is 5.97 Å². The van der Waals surface area contributed by atoms with E-state index in [-0.39, 0.29) is 6.54 Å². The molecule has 2 N–H and O–H groups in total. The van der Waals surface area contributed by atoms with Crippen LogP contribution in [-0.4, -0.2) is 56.6 Å².